The Labute approximate surface area is 159 Å². The van der Waals surface area contributed by atoms with Crippen molar-refractivity contribution in [1.29, 1.82) is 0 Å². The van der Waals surface area contributed by atoms with Crippen molar-refractivity contribution in [3.8, 4) is 0 Å². The summed E-state index contributed by atoms with van der Waals surface area (Å²) in [5.74, 6) is -0.951. The number of carbonyl (C=O) groups excluding carboxylic acids is 1. The molecule has 0 saturated heterocycles. The molecule has 8 nitrogen and oxygen atoms in total. The number of rotatable bonds is 5. The van der Waals surface area contributed by atoms with Gasteiger partial charge in [0.1, 0.15) is 4.90 Å². The molecule has 140 valence electrons. The maximum absolute atomic E-state index is 12.7. The van der Waals surface area contributed by atoms with Crippen molar-refractivity contribution < 1.29 is 26.2 Å². The minimum Gasteiger partial charge on any atom is -0.398 e. The Morgan fingerprint density at radius 3 is 2.23 bits per heavy atom. The lowest BCUT2D eigenvalue weighted by Gasteiger charge is -2.22. The van der Waals surface area contributed by atoms with Crippen molar-refractivity contribution >= 4 is 53.2 Å². The maximum Gasteiger partial charge on any atom is 0.296 e. The van der Waals surface area contributed by atoms with Gasteiger partial charge in [0.25, 0.3) is 16.0 Å². The van der Waals surface area contributed by atoms with Gasteiger partial charge in [0.2, 0.25) is 13.5 Å². The SMILES string of the molecule is CC(Br)(C(=O)Nc1ccc(N)c(S(=O)(=O)O)c1)S(=O)(=O)c1ccccc1. The third kappa shape index (κ3) is 3.90. The molecule has 0 aliphatic carbocycles. The Balaban J connectivity index is 2.38. The summed E-state index contributed by atoms with van der Waals surface area (Å²) < 4.78 is 55.1. The lowest BCUT2D eigenvalue weighted by Crippen LogP contribution is -2.41. The third-order valence-corrected chi connectivity index (χ3v) is 8.15. The van der Waals surface area contributed by atoms with Crippen LogP contribution in [-0.2, 0) is 24.7 Å². The molecule has 1 unspecified atom stereocenters. The molecule has 2 aromatic rings. The fraction of sp³-hybridized carbons (Fsp3) is 0.133. The van der Waals surface area contributed by atoms with E-state index < -0.39 is 34.4 Å². The Hall–Kier alpha value is -1.95. The van der Waals surface area contributed by atoms with E-state index in [4.69, 9.17) is 10.3 Å². The van der Waals surface area contributed by atoms with Crippen molar-refractivity contribution in [2.75, 3.05) is 11.1 Å². The second kappa shape index (κ2) is 6.99. The number of benzene rings is 2. The molecule has 26 heavy (non-hydrogen) atoms. The average molecular weight is 463 g/mol. The van der Waals surface area contributed by atoms with E-state index in [0.29, 0.717) is 0 Å². The topological polar surface area (TPSA) is 144 Å². The molecule has 0 aliphatic heterocycles. The number of sulfone groups is 1. The van der Waals surface area contributed by atoms with E-state index in [0.717, 1.165) is 19.1 Å². The Morgan fingerprint density at radius 1 is 1.12 bits per heavy atom. The number of carbonyl (C=O) groups is 1. The van der Waals surface area contributed by atoms with Crippen LogP contribution < -0.4 is 11.1 Å². The summed E-state index contributed by atoms with van der Waals surface area (Å²) in [5.41, 5.74) is 5.21. The van der Waals surface area contributed by atoms with Crippen molar-refractivity contribution in [2.45, 2.75) is 20.4 Å². The fourth-order valence-corrected chi connectivity index (χ4v) is 4.58. The van der Waals surface area contributed by atoms with E-state index in [1.807, 2.05) is 0 Å². The smallest absolute Gasteiger partial charge is 0.296 e. The molecule has 0 bridgehead atoms. The van der Waals surface area contributed by atoms with Crippen molar-refractivity contribution in [3.05, 3.63) is 48.5 Å². The maximum atomic E-state index is 12.7. The van der Waals surface area contributed by atoms with E-state index in [2.05, 4.69) is 21.2 Å². The van der Waals surface area contributed by atoms with Gasteiger partial charge in [-0.1, -0.05) is 34.1 Å². The molecule has 1 atom stereocenters. The van der Waals surface area contributed by atoms with Crippen LogP contribution in [0.4, 0.5) is 11.4 Å². The molecule has 0 heterocycles. The van der Waals surface area contributed by atoms with Gasteiger partial charge in [0.05, 0.1) is 10.6 Å². The highest BCUT2D eigenvalue weighted by molar-refractivity contribution is 9.12. The number of hydrogen-bond donors (Lipinski definition) is 3. The number of nitrogen functional groups attached to an aromatic ring is 1. The molecule has 2 aromatic carbocycles. The van der Waals surface area contributed by atoms with Crippen molar-refractivity contribution in [3.63, 3.8) is 0 Å². The number of alkyl halides is 1. The predicted molar refractivity (Wildman–Crippen MR) is 100 cm³/mol. The van der Waals surface area contributed by atoms with Gasteiger partial charge in [0.15, 0.2) is 0 Å². The standard InChI is InChI=1S/C15H15BrN2O6S2/c1-15(16,25(20,21)11-5-3-2-4-6-11)14(19)18-10-7-8-12(17)13(9-10)26(22,23)24/h2-9H,17H2,1H3,(H,18,19)(H,22,23,24). The molecule has 4 N–H and O–H groups in total. The van der Waals surface area contributed by atoms with E-state index in [-0.39, 0.29) is 16.3 Å². The Bertz CT molecular complexity index is 1050. The molecule has 0 saturated carbocycles. The lowest BCUT2D eigenvalue weighted by molar-refractivity contribution is -0.116. The average Bonchev–Trinajstić information content (AvgIpc) is 2.56. The van der Waals surface area contributed by atoms with Crippen molar-refractivity contribution in [2.24, 2.45) is 0 Å². The zero-order chi connectivity index (χ0) is 19.8. The number of amides is 1. The van der Waals surface area contributed by atoms with Gasteiger partial charge >= 0.3 is 0 Å². The molecule has 0 fully saturated rings. The summed E-state index contributed by atoms with van der Waals surface area (Å²) in [7, 11) is -8.70. The second-order valence-electron chi connectivity index (χ2n) is 5.42. The molecule has 0 aliphatic rings. The molecule has 11 heteroatoms. The summed E-state index contributed by atoms with van der Waals surface area (Å²) in [6.07, 6.45) is 0. The molecule has 0 spiro atoms. The highest BCUT2D eigenvalue weighted by Gasteiger charge is 2.45. The van der Waals surface area contributed by atoms with Gasteiger partial charge in [-0.2, -0.15) is 8.42 Å². The second-order valence-corrected chi connectivity index (χ2v) is 11.2. The first-order valence-corrected chi connectivity index (χ1v) is 10.8. The summed E-state index contributed by atoms with van der Waals surface area (Å²) in [6, 6.07) is 10.7. The zero-order valence-corrected chi connectivity index (χ0v) is 16.6. The largest absolute Gasteiger partial charge is 0.398 e. The highest BCUT2D eigenvalue weighted by Crippen LogP contribution is 2.33. The van der Waals surface area contributed by atoms with E-state index in [1.165, 1.54) is 30.3 Å². The van der Waals surface area contributed by atoms with E-state index in [9.17, 15) is 21.6 Å². The summed E-state index contributed by atoms with van der Waals surface area (Å²) in [5, 5.41) is 2.30. The monoisotopic (exact) mass is 462 g/mol. The van der Waals surface area contributed by atoms with Crippen LogP contribution in [0.2, 0.25) is 0 Å². The van der Waals surface area contributed by atoms with Crippen LogP contribution in [0.25, 0.3) is 0 Å². The van der Waals surface area contributed by atoms with Gasteiger partial charge in [-0.15, -0.1) is 0 Å². The summed E-state index contributed by atoms with van der Waals surface area (Å²) in [6.45, 7) is 1.16. The molecule has 0 aromatic heterocycles. The van der Waals surface area contributed by atoms with Crippen LogP contribution in [-0.4, -0.2) is 31.0 Å². The lowest BCUT2D eigenvalue weighted by atomic mass is 10.2. The number of nitrogens with two attached hydrogens (primary N) is 1. The molecular weight excluding hydrogens is 448 g/mol. The van der Waals surface area contributed by atoms with Gasteiger partial charge in [-0.25, -0.2) is 8.42 Å². The minimum absolute atomic E-state index is 0.0502. The number of nitrogens with one attached hydrogen (secondary N) is 1. The first kappa shape index (κ1) is 20.4. The number of halogens is 1. The van der Waals surface area contributed by atoms with Gasteiger partial charge in [-0.3, -0.25) is 9.35 Å². The molecular formula is C15H15BrN2O6S2. The molecule has 1 amide bonds. The normalized spacial score (nSPS) is 14.4. The highest BCUT2D eigenvalue weighted by atomic mass is 79.9. The quantitative estimate of drug-likeness (QED) is 0.350. The first-order valence-electron chi connectivity index (χ1n) is 7.04. The van der Waals surface area contributed by atoms with Crippen LogP contribution in [0.1, 0.15) is 6.92 Å². The van der Waals surface area contributed by atoms with E-state index >= 15 is 0 Å². The van der Waals surface area contributed by atoms with Gasteiger partial charge < -0.3 is 11.1 Å². The predicted octanol–water partition coefficient (Wildman–Crippen LogP) is 2.04. The van der Waals surface area contributed by atoms with E-state index in [1.54, 1.807) is 6.07 Å². The fourth-order valence-electron chi connectivity index (χ4n) is 2.02. The number of anilines is 2. The minimum atomic E-state index is -4.60. The van der Waals surface area contributed by atoms with Crippen molar-refractivity contribution in [1.82, 2.24) is 0 Å². The Morgan fingerprint density at radius 2 is 1.69 bits per heavy atom. The van der Waals surface area contributed by atoms with Crippen LogP contribution in [0.3, 0.4) is 0 Å². The molecule has 0 radical (unpaired) electrons. The first-order chi connectivity index (χ1) is 11.9. The summed E-state index contributed by atoms with van der Waals surface area (Å²) in [4.78, 5) is 11.9. The van der Waals surface area contributed by atoms with Crippen LogP contribution in [0, 0.1) is 0 Å². The Kier molecular flexibility index (Phi) is 5.47. The third-order valence-electron chi connectivity index (χ3n) is 3.51. The van der Waals surface area contributed by atoms with Crippen LogP contribution >= 0.6 is 15.9 Å². The molecule has 2 rings (SSSR count). The van der Waals surface area contributed by atoms with Crippen LogP contribution in [0.5, 0.6) is 0 Å². The summed E-state index contributed by atoms with van der Waals surface area (Å²) >= 11 is 2.94. The number of hydrogen-bond acceptors (Lipinski definition) is 6. The van der Waals surface area contributed by atoms with Crippen LogP contribution in [0.15, 0.2) is 58.3 Å². The van der Waals surface area contributed by atoms with Gasteiger partial charge in [0, 0.05) is 5.69 Å². The van der Waals surface area contributed by atoms with Gasteiger partial charge in [-0.05, 0) is 37.3 Å². The zero-order valence-electron chi connectivity index (χ0n) is 13.4.